The fraction of sp³-hybridized carbons (Fsp3) is 0.750. The zero-order valence-electron chi connectivity index (χ0n) is 26.5. The van der Waals surface area contributed by atoms with Crippen molar-refractivity contribution in [3.63, 3.8) is 0 Å². The van der Waals surface area contributed by atoms with Gasteiger partial charge in [-0.3, -0.25) is 4.79 Å². The molecule has 0 spiro atoms. The molecule has 1 aromatic carbocycles. The molecule has 0 aliphatic heterocycles. The summed E-state index contributed by atoms with van der Waals surface area (Å²) in [5.41, 5.74) is 0.524. The Morgan fingerprint density at radius 1 is 0.455 bits per heavy atom. The molecule has 0 aromatic heterocycles. The summed E-state index contributed by atoms with van der Waals surface area (Å²) in [6.07, 6.45) is 4.75. The van der Waals surface area contributed by atoms with Gasteiger partial charge in [0.2, 0.25) is 0 Å². The molecule has 0 saturated carbocycles. The van der Waals surface area contributed by atoms with Crippen molar-refractivity contribution >= 4 is 11.9 Å². The van der Waals surface area contributed by atoms with Crippen LogP contribution in [0.4, 0.5) is 0 Å². The van der Waals surface area contributed by atoms with Crippen molar-refractivity contribution in [1.29, 1.82) is 0 Å². The van der Waals surface area contributed by atoms with Crippen molar-refractivity contribution in [2.24, 2.45) is 0 Å². The number of unbranched alkanes of at least 4 members (excludes halogenated alkanes) is 3. The van der Waals surface area contributed by atoms with Gasteiger partial charge in [-0.2, -0.15) is 0 Å². The second kappa shape index (κ2) is 32.2. The Morgan fingerprint density at radius 3 is 1.20 bits per heavy atom. The third kappa shape index (κ3) is 27.4. The minimum Gasteiger partial charge on any atom is -0.463 e. The second-order valence-electron chi connectivity index (χ2n) is 9.43. The third-order valence-electron chi connectivity index (χ3n) is 5.80. The molecule has 12 nitrogen and oxygen atoms in total. The van der Waals surface area contributed by atoms with Crippen molar-refractivity contribution in [3.05, 3.63) is 35.9 Å². The van der Waals surface area contributed by atoms with E-state index in [4.69, 9.17) is 47.4 Å². The van der Waals surface area contributed by atoms with Crippen molar-refractivity contribution in [3.8, 4) is 0 Å². The van der Waals surface area contributed by atoms with Crippen molar-refractivity contribution in [2.45, 2.75) is 39.0 Å². The highest BCUT2D eigenvalue weighted by molar-refractivity contribution is 5.89. The first-order valence-corrected chi connectivity index (χ1v) is 15.7. The van der Waals surface area contributed by atoms with E-state index >= 15 is 0 Å². The molecule has 0 atom stereocenters. The van der Waals surface area contributed by atoms with Gasteiger partial charge in [-0.25, -0.2) is 4.79 Å². The SMILES string of the molecule is CCCCCCC(=O)OCCOCCOCCOCCOCCOCCOCCOCCOCCOC(=O)c1ccccc1. The number of carbonyl (C=O) groups is 2. The van der Waals surface area contributed by atoms with Crippen LogP contribution in [0.5, 0.6) is 0 Å². The van der Waals surface area contributed by atoms with E-state index in [0.717, 1.165) is 25.7 Å². The van der Waals surface area contributed by atoms with Crippen LogP contribution in [-0.2, 0) is 52.2 Å². The van der Waals surface area contributed by atoms with Crippen LogP contribution in [0.2, 0.25) is 0 Å². The Labute approximate surface area is 262 Å². The van der Waals surface area contributed by atoms with Crippen molar-refractivity contribution in [2.75, 3.05) is 119 Å². The summed E-state index contributed by atoms with van der Waals surface area (Å²) in [4.78, 5) is 23.3. The largest absolute Gasteiger partial charge is 0.463 e. The highest BCUT2D eigenvalue weighted by atomic mass is 16.6. The van der Waals surface area contributed by atoms with Gasteiger partial charge < -0.3 is 47.4 Å². The van der Waals surface area contributed by atoms with Crippen LogP contribution in [0.15, 0.2) is 30.3 Å². The summed E-state index contributed by atoms with van der Waals surface area (Å²) in [6.45, 7) is 9.89. The Kier molecular flexibility index (Phi) is 29.2. The van der Waals surface area contributed by atoms with E-state index in [9.17, 15) is 9.59 Å². The van der Waals surface area contributed by atoms with Crippen molar-refractivity contribution in [1.82, 2.24) is 0 Å². The Morgan fingerprint density at radius 2 is 0.818 bits per heavy atom. The van der Waals surface area contributed by atoms with Crippen LogP contribution < -0.4 is 0 Å². The third-order valence-corrected chi connectivity index (χ3v) is 5.80. The van der Waals surface area contributed by atoms with E-state index in [1.807, 2.05) is 6.07 Å². The number of carbonyl (C=O) groups excluding carboxylic acids is 2. The molecule has 0 heterocycles. The van der Waals surface area contributed by atoms with Gasteiger partial charge in [0, 0.05) is 6.42 Å². The zero-order valence-corrected chi connectivity index (χ0v) is 26.5. The molecule has 12 heteroatoms. The first-order chi connectivity index (χ1) is 21.7. The number of ether oxygens (including phenoxy) is 10. The Bertz CT molecular complexity index is 765. The van der Waals surface area contributed by atoms with E-state index in [1.165, 1.54) is 0 Å². The molecule has 1 rings (SSSR count). The Balaban J connectivity index is 1.66. The Hall–Kier alpha value is -2.16. The number of benzene rings is 1. The molecular weight excluding hydrogens is 576 g/mol. The predicted molar refractivity (Wildman–Crippen MR) is 163 cm³/mol. The molecule has 0 fully saturated rings. The molecule has 0 N–H and O–H groups in total. The molecule has 0 radical (unpaired) electrons. The van der Waals surface area contributed by atoms with Gasteiger partial charge in [0.25, 0.3) is 0 Å². The maximum Gasteiger partial charge on any atom is 0.338 e. The van der Waals surface area contributed by atoms with E-state index < -0.39 is 0 Å². The minimum atomic E-state index is -0.358. The van der Waals surface area contributed by atoms with Crippen LogP contribution in [0.25, 0.3) is 0 Å². The van der Waals surface area contributed by atoms with Crippen LogP contribution >= 0.6 is 0 Å². The first-order valence-electron chi connectivity index (χ1n) is 15.7. The molecule has 0 aliphatic rings. The van der Waals surface area contributed by atoms with Crippen LogP contribution in [0.1, 0.15) is 49.4 Å². The van der Waals surface area contributed by atoms with Crippen LogP contribution in [0.3, 0.4) is 0 Å². The highest BCUT2D eigenvalue weighted by Gasteiger charge is 2.05. The highest BCUT2D eigenvalue weighted by Crippen LogP contribution is 2.03. The lowest BCUT2D eigenvalue weighted by Crippen LogP contribution is -2.15. The normalized spacial score (nSPS) is 11.1. The van der Waals surface area contributed by atoms with Gasteiger partial charge >= 0.3 is 11.9 Å². The van der Waals surface area contributed by atoms with E-state index in [1.54, 1.807) is 24.3 Å². The number of hydrogen-bond donors (Lipinski definition) is 0. The van der Waals surface area contributed by atoms with E-state index in [2.05, 4.69) is 6.92 Å². The summed E-state index contributed by atoms with van der Waals surface area (Å²) < 4.78 is 53.7. The second-order valence-corrected chi connectivity index (χ2v) is 9.43. The number of esters is 2. The first kappa shape index (κ1) is 39.9. The fourth-order valence-corrected chi connectivity index (χ4v) is 3.48. The molecule has 0 amide bonds. The maximum absolute atomic E-state index is 11.8. The maximum atomic E-state index is 11.8. The number of rotatable bonds is 33. The van der Waals surface area contributed by atoms with E-state index in [-0.39, 0.29) is 25.2 Å². The standard InChI is InChI=1S/C32H54O12/c1-2-3-4-8-11-31(33)43-28-26-41-24-22-39-20-18-37-16-14-35-12-13-36-15-17-38-19-21-40-23-25-42-27-29-44-32(34)30-9-6-5-7-10-30/h5-7,9-10H,2-4,8,11-29H2,1H3. The van der Waals surface area contributed by atoms with Crippen LogP contribution in [0, 0.1) is 0 Å². The van der Waals surface area contributed by atoms with Gasteiger partial charge in [-0.05, 0) is 18.6 Å². The lowest BCUT2D eigenvalue weighted by atomic mass is 10.2. The lowest BCUT2D eigenvalue weighted by Gasteiger charge is -2.09. The molecule has 0 bridgehead atoms. The van der Waals surface area contributed by atoms with Gasteiger partial charge in [0.1, 0.15) is 13.2 Å². The van der Waals surface area contributed by atoms with Gasteiger partial charge in [0.15, 0.2) is 0 Å². The molecule has 0 aliphatic carbocycles. The average molecular weight is 631 g/mol. The lowest BCUT2D eigenvalue weighted by molar-refractivity contribution is -0.145. The van der Waals surface area contributed by atoms with Gasteiger partial charge in [-0.15, -0.1) is 0 Å². The molecule has 254 valence electrons. The molecule has 0 saturated heterocycles. The van der Waals surface area contributed by atoms with Gasteiger partial charge in [0.05, 0.1) is 111 Å². The quantitative estimate of drug-likeness (QED) is 0.0834. The van der Waals surface area contributed by atoms with Gasteiger partial charge in [-0.1, -0.05) is 44.4 Å². The average Bonchev–Trinajstić information content (AvgIpc) is 3.04. The van der Waals surface area contributed by atoms with E-state index in [0.29, 0.717) is 118 Å². The fourth-order valence-electron chi connectivity index (χ4n) is 3.48. The minimum absolute atomic E-state index is 0.156. The number of hydrogen-bond acceptors (Lipinski definition) is 12. The zero-order chi connectivity index (χ0) is 31.6. The predicted octanol–water partition coefficient (Wildman–Crippen LogP) is 3.49. The summed E-state index contributed by atoms with van der Waals surface area (Å²) in [6, 6.07) is 8.84. The summed E-state index contributed by atoms with van der Waals surface area (Å²) in [7, 11) is 0. The van der Waals surface area contributed by atoms with Crippen LogP contribution in [-0.4, -0.2) is 131 Å². The summed E-state index contributed by atoms with van der Waals surface area (Å²) in [5.74, 6) is -0.514. The smallest absolute Gasteiger partial charge is 0.338 e. The topological polar surface area (TPSA) is 126 Å². The molecule has 44 heavy (non-hydrogen) atoms. The monoisotopic (exact) mass is 630 g/mol. The molecular formula is C32H54O12. The molecule has 0 unspecified atom stereocenters. The summed E-state index contributed by atoms with van der Waals surface area (Å²) >= 11 is 0. The van der Waals surface area contributed by atoms with Crippen molar-refractivity contribution < 1.29 is 57.0 Å². The summed E-state index contributed by atoms with van der Waals surface area (Å²) in [5, 5.41) is 0. The molecule has 1 aromatic rings.